The van der Waals surface area contributed by atoms with Gasteiger partial charge in [-0.05, 0) is 30.3 Å². The second-order valence-electron chi connectivity index (χ2n) is 4.62. The van der Waals surface area contributed by atoms with Crippen molar-refractivity contribution in [2.45, 2.75) is 10.6 Å². The second kappa shape index (κ2) is 6.47. The van der Waals surface area contributed by atoms with Crippen LogP contribution in [0, 0.1) is 10.1 Å². The van der Waals surface area contributed by atoms with E-state index in [9.17, 15) is 23.3 Å². The lowest BCUT2D eigenvalue weighted by molar-refractivity contribution is -0.385. The zero-order chi connectivity index (χ0) is 17.2. The van der Waals surface area contributed by atoms with Crippen molar-refractivity contribution in [2.75, 3.05) is 0 Å². The minimum absolute atomic E-state index is 0.0253. The number of hydrogen-bond donors (Lipinski definition) is 1. The molecule has 0 atom stereocenters. The molecule has 9 heteroatoms. The van der Waals surface area contributed by atoms with Gasteiger partial charge in [-0.25, -0.2) is 13.2 Å². The summed E-state index contributed by atoms with van der Waals surface area (Å²) >= 11 is 3.19. The predicted molar refractivity (Wildman–Crippen MR) is 85.1 cm³/mol. The van der Waals surface area contributed by atoms with Gasteiger partial charge in [0.05, 0.1) is 21.1 Å². The molecule has 0 spiro atoms. The Morgan fingerprint density at radius 3 is 2.30 bits per heavy atom. The molecule has 0 aromatic heterocycles. The number of nitro benzene ring substituents is 1. The van der Waals surface area contributed by atoms with Gasteiger partial charge in [-0.2, -0.15) is 0 Å². The average molecular weight is 400 g/mol. The van der Waals surface area contributed by atoms with E-state index in [1.165, 1.54) is 12.1 Å². The van der Waals surface area contributed by atoms with Gasteiger partial charge in [0.15, 0.2) is 9.84 Å². The van der Waals surface area contributed by atoms with E-state index >= 15 is 0 Å². The van der Waals surface area contributed by atoms with Crippen molar-refractivity contribution in [1.82, 2.24) is 0 Å². The predicted octanol–water partition coefficient (Wildman–Crippen LogP) is 3.03. The summed E-state index contributed by atoms with van der Waals surface area (Å²) in [7, 11) is -3.79. The lowest BCUT2D eigenvalue weighted by Gasteiger charge is -2.06. The molecule has 2 aromatic rings. The lowest BCUT2D eigenvalue weighted by Crippen LogP contribution is -2.08. The van der Waals surface area contributed by atoms with E-state index in [2.05, 4.69) is 15.9 Å². The van der Waals surface area contributed by atoms with Crippen molar-refractivity contribution < 1.29 is 23.2 Å². The molecule has 0 saturated carbocycles. The van der Waals surface area contributed by atoms with Crippen LogP contribution >= 0.6 is 15.9 Å². The molecule has 0 aliphatic rings. The Balaban J connectivity index is 2.44. The molecule has 7 nitrogen and oxygen atoms in total. The van der Waals surface area contributed by atoms with E-state index in [1.807, 2.05) is 0 Å². The maximum Gasteiger partial charge on any atom is 0.335 e. The number of carbonyl (C=O) groups is 1. The number of halogens is 1. The zero-order valence-corrected chi connectivity index (χ0v) is 13.9. The molecular formula is C14H10BrNO6S. The number of sulfone groups is 1. The summed E-state index contributed by atoms with van der Waals surface area (Å²) < 4.78 is 25.4. The van der Waals surface area contributed by atoms with E-state index in [0.29, 0.717) is 4.47 Å². The van der Waals surface area contributed by atoms with Crippen LogP contribution in [0.15, 0.2) is 51.8 Å². The summed E-state index contributed by atoms with van der Waals surface area (Å²) in [5.41, 5.74) is -0.880. The van der Waals surface area contributed by atoms with Crippen LogP contribution in [-0.4, -0.2) is 24.4 Å². The fourth-order valence-electron chi connectivity index (χ4n) is 1.92. The molecule has 2 aromatic carbocycles. The number of aromatic carboxylic acids is 1. The van der Waals surface area contributed by atoms with Crippen molar-refractivity contribution in [1.29, 1.82) is 0 Å². The number of nitrogens with zero attached hydrogens (tertiary/aromatic N) is 1. The summed E-state index contributed by atoms with van der Waals surface area (Å²) in [5.74, 6) is -1.92. The first-order chi connectivity index (χ1) is 10.7. The van der Waals surface area contributed by atoms with Crippen molar-refractivity contribution in [3.8, 4) is 0 Å². The minimum atomic E-state index is -3.79. The maximum absolute atomic E-state index is 12.4. The molecule has 0 saturated heterocycles. The summed E-state index contributed by atoms with van der Waals surface area (Å²) in [6.45, 7) is 0. The van der Waals surface area contributed by atoms with Crippen molar-refractivity contribution in [2.24, 2.45) is 0 Å². The third-order valence-electron chi connectivity index (χ3n) is 3.05. The zero-order valence-electron chi connectivity index (χ0n) is 11.5. The molecule has 0 unspecified atom stereocenters. The van der Waals surface area contributed by atoms with Crippen LogP contribution in [0.3, 0.4) is 0 Å². The molecular weight excluding hydrogens is 390 g/mol. The van der Waals surface area contributed by atoms with Crippen molar-refractivity contribution >= 4 is 37.4 Å². The molecule has 0 amide bonds. The van der Waals surface area contributed by atoms with Gasteiger partial charge in [-0.15, -0.1) is 0 Å². The Bertz CT molecular complexity index is 877. The number of carboxylic acids is 1. The minimum Gasteiger partial charge on any atom is -0.478 e. The van der Waals surface area contributed by atoms with Crippen molar-refractivity contribution in [3.05, 3.63) is 68.2 Å². The maximum atomic E-state index is 12.4. The molecule has 0 aliphatic heterocycles. The Morgan fingerprint density at radius 1 is 1.17 bits per heavy atom. The molecule has 0 radical (unpaired) electrons. The standard InChI is InChI=1S/C14H10BrNO6S/c15-11-3-5-12(6-4-11)23(21,22)8-10-2-1-9(14(17)18)7-13(10)16(19)20/h1-7H,8H2,(H,17,18). The Morgan fingerprint density at radius 2 is 1.78 bits per heavy atom. The van der Waals surface area contributed by atoms with E-state index in [1.54, 1.807) is 12.1 Å². The number of rotatable bonds is 5. The Kier molecular flexibility index (Phi) is 4.81. The topological polar surface area (TPSA) is 115 Å². The molecule has 1 N–H and O–H groups in total. The van der Waals surface area contributed by atoms with Gasteiger partial charge in [-0.3, -0.25) is 10.1 Å². The summed E-state index contributed by atoms with van der Waals surface area (Å²) in [4.78, 5) is 21.2. The first-order valence-electron chi connectivity index (χ1n) is 6.19. The molecule has 0 heterocycles. The highest BCUT2D eigenvalue weighted by Gasteiger charge is 2.23. The smallest absolute Gasteiger partial charge is 0.335 e. The average Bonchev–Trinajstić information content (AvgIpc) is 2.47. The number of nitro groups is 1. The number of benzene rings is 2. The van der Waals surface area contributed by atoms with Gasteiger partial charge in [0, 0.05) is 16.1 Å². The first-order valence-corrected chi connectivity index (χ1v) is 8.64. The third-order valence-corrected chi connectivity index (χ3v) is 5.26. The quantitative estimate of drug-likeness (QED) is 0.610. The van der Waals surface area contributed by atoms with E-state index < -0.39 is 32.2 Å². The van der Waals surface area contributed by atoms with Crippen LogP contribution in [0.1, 0.15) is 15.9 Å². The summed E-state index contributed by atoms with van der Waals surface area (Å²) in [5, 5.41) is 19.9. The van der Waals surface area contributed by atoms with Crippen LogP contribution in [0.25, 0.3) is 0 Å². The van der Waals surface area contributed by atoms with Gasteiger partial charge in [0.1, 0.15) is 0 Å². The second-order valence-corrected chi connectivity index (χ2v) is 7.52. The monoisotopic (exact) mass is 399 g/mol. The molecule has 23 heavy (non-hydrogen) atoms. The molecule has 120 valence electrons. The van der Waals surface area contributed by atoms with Crippen LogP contribution in [0.2, 0.25) is 0 Å². The third kappa shape index (κ3) is 3.93. The number of hydrogen-bond acceptors (Lipinski definition) is 5. The fourth-order valence-corrected chi connectivity index (χ4v) is 3.55. The highest BCUT2D eigenvalue weighted by Crippen LogP contribution is 2.26. The summed E-state index contributed by atoms with van der Waals surface area (Å²) in [6.07, 6.45) is 0. The highest BCUT2D eigenvalue weighted by molar-refractivity contribution is 9.10. The SMILES string of the molecule is O=C(O)c1ccc(CS(=O)(=O)c2ccc(Br)cc2)c([N+](=O)[O-])c1. The van der Waals surface area contributed by atoms with Gasteiger partial charge >= 0.3 is 5.97 Å². The van der Waals surface area contributed by atoms with Crippen LogP contribution in [0.5, 0.6) is 0 Å². The summed E-state index contributed by atoms with van der Waals surface area (Å²) in [6, 6.07) is 9.02. The fraction of sp³-hybridized carbons (Fsp3) is 0.0714. The highest BCUT2D eigenvalue weighted by atomic mass is 79.9. The van der Waals surface area contributed by atoms with Crippen molar-refractivity contribution in [3.63, 3.8) is 0 Å². The van der Waals surface area contributed by atoms with Gasteiger partial charge in [0.2, 0.25) is 0 Å². The van der Waals surface area contributed by atoms with E-state index in [0.717, 1.165) is 18.2 Å². The normalized spacial score (nSPS) is 11.2. The Labute approximate surface area is 139 Å². The lowest BCUT2D eigenvalue weighted by atomic mass is 10.1. The van der Waals surface area contributed by atoms with E-state index in [-0.39, 0.29) is 16.0 Å². The van der Waals surface area contributed by atoms with Crippen LogP contribution in [-0.2, 0) is 15.6 Å². The first kappa shape index (κ1) is 17.1. The Hall–Kier alpha value is -2.26. The molecule has 0 fully saturated rings. The van der Waals surface area contributed by atoms with E-state index in [4.69, 9.17) is 5.11 Å². The number of carboxylic acid groups (broad SMARTS) is 1. The molecule has 2 rings (SSSR count). The van der Waals surface area contributed by atoms with Gasteiger partial charge < -0.3 is 5.11 Å². The molecule has 0 bridgehead atoms. The molecule has 0 aliphatic carbocycles. The van der Waals surface area contributed by atoms with Gasteiger partial charge in [0.25, 0.3) is 5.69 Å². The van der Waals surface area contributed by atoms with Crippen LogP contribution in [0.4, 0.5) is 5.69 Å². The van der Waals surface area contributed by atoms with Gasteiger partial charge in [-0.1, -0.05) is 22.0 Å². The van der Waals surface area contributed by atoms with Crippen LogP contribution < -0.4 is 0 Å². The largest absolute Gasteiger partial charge is 0.478 e.